The molecule has 0 bridgehead atoms. The molecule has 0 spiro atoms. The molecule has 0 saturated carbocycles. The van der Waals surface area contributed by atoms with E-state index in [1.807, 2.05) is 56.3 Å². The van der Waals surface area contributed by atoms with E-state index in [0.717, 1.165) is 28.1 Å². The largest absolute Gasteiger partial charge is 0.399 e. The van der Waals surface area contributed by atoms with Crippen LogP contribution in [0.3, 0.4) is 0 Å². The summed E-state index contributed by atoms with van der Waals surface area (Å²) in [7, 11) is 0. The first-order chi connectivity index (χ1) is 9.06. The molecule has 2 aromatic carbocycles. The minimum atomic E-state index is -0.0119. The topological polar surface area (TPSA) is 55.1 Å². The lowest BCUT2D eigenvalue weighted by Gasteiger charge is -2.12. The first kappa shape index (κ1) is 13.1. The zero-order valence-corrected chi connectivity index (χ0v) is 11.2. The molecule has 0 aliphatic heterocycles. The molecule has 0 heterocycles. The monoisotopic (exact) mass is 254 g/mol. The number of rotatable bonds is 3. The number of aryl methyl sites for hydroxylation is 2. The van der Waals surface area contributed by atoms with E-state index in [1.165, 1.54) is 0 Å². The minimum Gasteiger partial charge on any atom is -0.399 e. The number of nitrogens with one attached hydrogen (secondary N) is 1. The summed E-state index contributed by atoms with van der Waals surface area (Å²) in [4.78, 5) is 12.0. The molecular weight excluding hydrogens is 236 g/mol. The van der Waals surface area contributed by atoms with Gasteiger partial charge in [0.15, 0.2) is 0 Å². The molecule has 3 nitrogen and oxygen atoms in total. The number of hydrogen-bond acceptors (Lipinski definition) is 2. The average Bonchev–Trinajstić information content (AvgIpc) is 2.35. The SMILES string of the molecule is Cc1cc(N)cc(C)c1NC(=O)Cc1ccccc1. The lowest BCUT2D eigenvalue weighted by atomic mass is 10.1. The summed E-state index contributed by atoms with van der Waals surface area (Å²) in [5.74, 6) is -0.0119. The Morgan fingerprint density at radius 1 is 1.11 bits per heavy atom. The lowest BCUT2D eigenvalue weighted by Crippen LogP contribution is -2.16. The maximum Gasteiger partial charge on any atom is 0.228 e. The normalized spacial score (nSPS) is 10.2. The summed E-state index contributed by atoms with van der Waals surface area (Å²) in [6.45, 7) is 3.89. The second kappa shape index (κ2) is 5.57. The van der Waals surface area contributed by atoms with Gasteiger partial charge in [0.05, 0.1) is 6.42 Å². The first-order valence-electron chi connectivity index (χ1n) is 6.27. The van der Waals surface area contributed by atoms with Gasteiger partial charge in [-0.15, -0.1) is 0 Å². The molecule has 0 radical (unpaired) electrons. The van der Waals surface area contributed by atoms with Crippen LogP contribution in [0.2, 0.25) is 0 Å². The fraction of sp³-hybridized carbons (Fsp3) is 0.188. The molecule has 98 valence electrons. The van der Waals surface area contributed by atoms with Crippen molar-refractivity contribution in [2.24, 2.45) is 0 Å². The highest BCUT2D eigenvalue weighted by atomic mass is 16.1. The van der Waals surface area contributed by atoms with Crippen LogP contribution >= 0.6 is 0 Å². The van der Waals surface area contributed by atoms with Crippen LogP contribution in [0.25, 0.3) is 0 Å². The van der Waals surface area contributed by atoms with Gasteiger partial charge < -0.3 is 11.1 Å². The molecule has 0 unspecified atom stereocenters. The number of amides is 1. The van der Waals surface area contributed by atoms with Gasteiger partial charge in [0.25, 0.3) is 0 Å². The Kier molecular flexibility index (Phi) is 3.85. The van der Waals surface area contributed by atoms with Gasteiger partial charge in [0.2, 0.25) is 5.91 Å². The van der Waals surface area contributed by atoms with Crippen LogP contribution in [0.5, 0.6) is 0 Å². The fourth-order valence-electron chi connectivity index (χ4n) is 2.16. The molecule has 19 heavy (non-hydrogen) atoms. The van der Waals surface area contributed by atoms with E-state index >= 15 is 0 Å². The van der Waals surface area contributed by atoms with E-state index in [9.17, 15) is 4.79 Å². The predicted octanol–water partition coefficient (Wildman–Crippen LogP) is 3.07. The van der Waals surface area contributed by atoms with Crippen LogP contribution in [0.1, 0.15) is 16.7 Å². The first-order valence-corrected chi connectivity index (χ1v) is 6.27. The van der Waals surface area contributed by atoms with Gasteiger partial charge in [-0.25, -0.2) is 0 Å². The van der Waals surface area contributed by atoms with Gasteiger partial charge >= 0.3 is 0 Å². The third-order valence-electron chi connectivity index (χ3n) is 3.03. The second-order valence-electron chi connectivity index (χ2n) is 4.74. The average molecular weight is 254 g/mol. The van der Waals surface area contributed by atoms with Crippen molar-refractivity contribution in [2.45, 2.75) is 20.3 Å². The van der Waals surface area contributed by atoms with Crippen molar-refractivity contribution >= 4 is 17.3 Å². The summed E-state index contributed by atoms with van der Waals surface area (Å²) in [6.07, 6.45) is 0.379. The Labute approximate surface area is 113 Å². The summed E-state index contributed by atoms with van der Waals surface area (Å²) in [5, 5.41) is 2.96. The van der Waals surface area contributed by atoms with Crippen molar-refractivity contribution in [3.05, 3.63) is 59.2 Å². The molecular formula is C16H18N2O. The standard InChI is InChI=1S/C16H18N2O/c1-11-8-14(17)9-12(2)16(11)18-15(19)10-13-6-4-3-5-7-13/h3-9H,10,17H2,1-2H3,(H,18,19). The zero-order valence-electron chi connectivity index (χ0n) is 11.2. The molecule has 0 atom stereocenters. The summed E-state index contributed by atoms with van der Waals surface area (Å²) in [5.41, 5.74) is 10.3. The third kappa shape index (κ3) is 3.35. The highest BCUT2D eigenvalue weighted by Gasteiger charge is 2.08. The van der Waals surface area contributed by atoms with Gasteiger partial charge in [-0.2, -0.15) is 0 Å². The fourth-order valence-corrected chi connectivity index (χ4v) is 2.16. The molecule has 1 amide bonds. The molecule has 0 fully saturated rings. The number of carbonyl (C=O) groups excluding carboxylic acids is 1. The van der Waals surface area contributed by atoms with Gasteiger partial charge in [0.1, 0.15) is 0 Å². The molecule has 0 aromatic heterocycles. The quantitative estimate of drug-likeness (QED) is 0.827. The van der Waals surface area contributed by atoms with Gasteiger partial charge in [-0.1, -0.05) is 30.3 Å². The van der Waals surface area contributed by atoms with E-state index in [4.69, 9.17) is 5.73 Å². The summed E-state index contributed by atoms with van der Waals surface area (Å²) in [6, 6.07) is 13.4. The molecule has 0 aliphatic carbocycles. The second-order valence-corrected chi connectivity index (χ2v) is 4.74. The van der Waals surface area contributed by atoms with E-state index < -0.39 is 0 Å². The predicted molar refractivity (Wildman–Crippen MR) is 79.1 cm³/mol. The summed E-state index contributed by atoms with van der Waals surface area (Å²) < 4.78 is 0. The van der Waals surface area contributed by atoms with Gasteiger partial charge in [-0.3, -0.25) is 4.79 Å². The number of nitrogens with two attached hydrogens (primary N) is 1. The molecule has 3 heteroatoms. The molecule has 0 saturated heterocycles. The van der Waals surface area contributed by atoms with Crippen LogP contribution in [0.4, 0.5) is 11.4 Å². The maximum absolute atomic E-state index is 12.0. The smallest absolute Gasteiger partial charge is 0.228 e. The Bertz CT molecular complexity index is 568. The van der Waals surface area contributed by atoms with Crippen LogP contribution < -0.4 is 11.1 Å². The van der Waals surface area contributed by atoms with E-state index in [0.29, 0.717) is 6.42 Å². The van der Waals surface area contributed by atoms with Gasteiger partial charge in [-0.05, 0) is 42.7 Å². The van der Waals surface area contributed by atoms with Crippen LogP contribution in [-0.4, -0.2) is 5.91 Å². The van der Waals surface area contributed by atoms with Crippen molar-refractivity contribution in [1.29, 1.82) is 0 Å². The van der Waals surface area contributed by atoms with Crippen molar-refractivity contribution in [1.82, 2.24) is 0 Å². The number of carbonyl (C=O) groups is 1. The Hall–Kier alpha value is -2.29. The number of anilines is 2. The highest BCUT2D eigenvalue weighted by molar-refractivity contribution is 5.94. The highest BCUT2D eigenvalue weighted by Crippen LogP contribution is 2.23. The van der Waals surface area contributed by atoms with Crippen LogP contribution in [0.15, 0.2) is 42.5 Å². The van der Waals surface area contributed by atoms with E-state index in [2.05, 4.69) is 5.32 Å². The lowest BCUT2D eigenvalue weighted by molar-refractivity contribution is -0.115. The number of nitrogen functional groups attached to an aromatic ring is 1. The summed E-state index contributed by atoms with van der Waals surface area (Å²) >= 11 is 0. The Morgan fingerprint density at radius 3 is 2.26 bits per heavy atom. The van der Waals surface area contributed by atoms with Crippen LogP contribution in [-0.2, 0) is 11.2 Å². The Morgan fingerprint density at radius 2 is 1.68 bits per heavy atom. The Balaban J connectivity index is 2.12. The van der Waals surface area contributed by atoms with Gasteiger partial charge in [0, 0.05) is 11.4 Å². The van der Waals surface area contributed by atoms with Crippen molar-refractivity contribution in [3.8, 4) is 0 Å². The van der Waals surface area contributed by atoms with Crippen molar-refractivity contribution < 1.29 is 4.79 Å². The molecule has 2 aromatic rings. The molecule has 3 N–H and O–H groups in total. The van der Waals surface area contributed by atoms with Crippen molar-refractivity contribution in [2.75, 3.05) is 11.1 Å². The van der Waals surface area contributed by atoms with E-state index in [1.54, 1.807) is 0 Å². The molecule has 2 rings (SSSR count). The van der Waals surface area contributed by atoms with Crippen LogP contribution in [0, 0.1) is 13.8 Å². The minimum absolute atomic E-state index is 0.0119. The number of benzene rings is 2. The van der Waals surface area contributed by atoms with Crippen molar-refractivity contribution in [3.63, 3.8) is 0 Å². The number of hydrogen-bond donors (Lipinski definition) is 2. The zero-order chi connectivity index (χ0) is 13.8. The third-order valence-corrected chi connectivity index (χ3v) is 3.03. The molecule has 0 aliphatic rings. The maximum atomic E-state index is 12.0. The van der Waals surface area contributed by atoms with E-state index in [-0.39, 0.29) is 5.91 Å².